The monoisotopic (exact) mass is 247 g/mol. The van der Waals surface area contributed by atoms with Crippen LogP contribution in [0, 0.1) is 0 Å². The van der Waals surface area contributed by atoms with Crippen LogP contribution in [0.15, 0.2) is 42.6 Å². The number of amides is 1. The minimum Gasteiger partial charge on any atom is -0.290 e. The second-order valence-electron chi connectivity index (χ2n) is 3.38. The number of benzene rings is 1. The van der Waals surface area contributed by atoms with Gasteiger partial charge in [0.1, 0.15) is 0 Å². The first-order valence-corrected chi connectivity index (χ1v) is 5.32. The third-order valence-corrected chi connectivity index (χ3v) is 2.55. The predicted molar refractivity (Wildman–Crippen MR) is 66.3 cm³/mol. The summed E-state index contributed by atoms with van der Waals surface area (Å²) in [7, 11) is 0. The van der Waals surface area contributed by atoms with Crippen molar-refractivity contribution in [3.05, 3.63) is 53.2 Å². The fraction of sp³-hybridized carbons (Fsp3) is 0. The fourth-order valence-electron chi connectivity index (χ4n) is 1.50. The second kappa shape index (κ2) is 4.95. The standard InChI is InChI=1S/C12H10ClN3O/c13-9-5-3-8(4-6-9)11-10(12(17)16-14)2-1-7-15-11/h1-7H,14H2,(H,16,17). The van der Waals surface area contributed by atoms with Crippen LogP contribution in [-0.2, 0) is 0 Å². The number of hydrogen-bond acceptors (Lipinski definition) is 3. The van der Waals surface area contributed by atoms with Gasteiger partial charge in [-0.15, -0.1) is 0 Å². The number of nitrogen functional groups attached to an aromatic ring is 1. The number of hydrogen-bond donors (Lipinski definition) is 2. The van der Waals surface area contributed by atoms with Crippen molar-refractivity contribution < 1.29 is 4.79 Å². The molecule has 0 fully saturated rings. The Bertz CT molecular complexity index is 540. The Kier molecular flexibility index (Phi) is 3.37. The van der Waals surface area contributed by atoms with Crippen LogP contribution in [0.4, 0.5) is 0 Å². The minimum atomic E-state index is -0.372. The Hall–Kier alpha value is -1.91. The molecular formula is C12H10ClN3O. The lowest BCUT2D eigenvalue weighted by Gasteiger charge is -2.06. The molecule has 0 spiro atoms. The lowest BCUT2D eigenvalue weighted by molar-refractivity contribution is 0.0954. The number of rotatable bonds is 2. The highest BCUT2D eigenvalue weighted by molar-refractivity contribution is 6.30. The summed E-state index contributed by atoms with van der Waals surface area (Å²) in [6, 6.07) is 10.4. The number of carbonyl (C=O) groups excluding carboxylic acids is 1. The van der Waals surface area contributed by atoms with Gasteiger partial charge in [0.15, 0.2) is 0 Å². The van der Waals surface area contributed by atoms with Gasteiger partial charge in [-0.3, -0.25) is 15.2 Å². The summed E-state index contributed by atoms with van der Waals surface area (Å²) in [6.45, 7) is 0. The molecule has 1 heterocycles. The Morgan fingerprint density at radius 2 is 1.94 bits per heavy atom. The van der Waals surface area contributed by atoms with Gasteiger partial charge < -0.3 is 0 Å². The number of hydrazine groups is 1. The molecule has 0 aliphatic rings. The lowest BCUT2D eigenvalue weighted by atomic mass is 10.1. The van der Waals surface area contributed by atoms with Gasteiger partial charge in [-0.2, -0.15) is 0 Å². The smallest absolute Gasteiger partial charge is 0.267 e. The maximum absolute atomic E-state index is 11.6. The van der Waals surface area contributed by atoms with Crippen molar-refractivity contribution in [3.8, 4) is 11.3 Å². The molecule has 17 heavy (non-hydrogen) atoms. The van der Waals surface area contributed by atoms with E-state index in [1.807, 2.05) is 0 Å². The van der Waals surface area contributed by atoms with Gasteiger partial charge in [-0.1, -0.05) is 23.7 Å². The number of carbonyl (C=O) groups is 1. The summed E-state index contributed by atoms with van der Waals surface area (Å²) in [5.41, 5.74) is 3.92. The van der Waals surface area contributed by atoms with Gasteiger partial charge >= 0.3 is 0 Å². The van der Waals surface area contributed by atoms with Crippen molar-refractivity contribution in [1.82, 2.24) is 10.4 Å². The van der Waals surface area contributed by atoms with Crippen LogP contribution in [0.25, 0.3) is 11.3 Å². The SMILES string of the molecule is NNC(=O)c1cccnc1-c1ccc(Cl)cc1. The molecule has 0 saturated carbocycles. The summed E-state index contributed by atoms with van der Waals surface area (Å²) in [5, 5.41) is 0.634. The topological polar surface area (TPSA) is 68.0 Å². The molecule has 1 aromatic heterocycles. The average molecular weight is 248 g/mol. The highest BCUT2D eigenvalue weighted by Crippen LogP contribution is 2.22. The average Bonchev–Trinajstić information content (AvgIpc) is 2.39. The zero-order valence-electron chi connectivity index (χ0n) is 8.85. The van der Waals surface area contributed by atoms with E-state index in [0.717, 1.165) is 5.56 Å². The van der Waals surface area contributed by atoms with Crippen LogP contribution in [0.5, 0.6) is 0 Å². The molecular weight excluding hydrogens is 238 g/mol. The molecule has 3 N–H and O–H groups in total. The summed E-state index contributed by atoms with van der Waals surface area (Å²) < 4.78 is 0. The normalized spacial score (nSPS) is 10.0. The van der Waals surface area contributed by atoms with E-state index >= 15 is 0 Å². The van der Waals surface area contributed by atoms with Gasteiger partial charge in [-0.05, 0) is 24.3 Å². The highest BCUT2D eigenvalue weighted by atomic mass is 35.5. The number of nitrogens with one attached hydrogen (secondary N) is 1. The van der Waals surface area contributed by atoms with Crippen LogP contribution >= 0.6 is 11.6 Å². The van der Waals surface area contributed by atoms with E-state index in [1.165, 1.54) is 0 Å². The Balaban J connectivity index is 2.51. The molecule has 0 unspecified atom stereocenters. The molecule has 2 aromatic rings. The molecule has 1 amide bonds. The van der Waals surface area contributed by atoms with Gasteiger partial charge in [0, 0.05) is 16.8 Å². The minimum absolute atomic E-state index is 0.372. The van der Waals surface area contributed by atoms with Crippen LogP contribution in [0.3, 0.4) is 0 Å². The number of aromatic nitrogens is 1. The van der Waals surface area contributed by atoms with Crippen LogP contribution in [-0.4, -0.2) is 10.9 Å². The Morgan fingerprint density at radius 1 is 1.24 bits per heavy atom. The second-order valence-corrected chi connectivity index (χ2v) is 3.82. The summed E-state index contributed by atoms with van der Waals surface area (Å²) in [4.78, 5) is 15.8. The van der Waals surface area contributed by atoms with E-state index in [2.05, 4.69) is 10.4 Å². The first-order valence-electron chi connectivity index (χ1n) is 4.94. The van der Waals surface area contributed by atoms with Gasteiger partial charge in [0.05, 0.1) is 11.3 Å². The van der Waals surface area contributed by atoms with Crippen LogP contribution in [0.2, 0.25) is 5.02 Å². The molecule has 1 aromatic carbocycles. The van der Waals surface area contributed by atoms with Crippen molar-refractivity contribution in [3.63, 3.8) is 0 Å². The molecule has 86 valence electrons. The third-order valence-electron chi connectivity index (χ3n) is 2.30. The lowest BCUT2D eigenvalue weighted by Crippen LogP contribution is -2.30. The van der Waals surface area contributed by atoms with Gasteiger partial charge in [0.2, 0.25) is 0 Å². The Labute approximate surface area is 103 Å². The van der Waals surface area contributed by atoms with E-state index < -0.39 is 0 Å². The van der Waals surface area contributed by atoms with E-state index in [9.17, 15) is 4.79 Å². The first kappa shape index (κ1) is 11.6. The summed E-state index contributed by atoms with van der Waals surface area (Å²) >= 11 is 5.81. The third kappa shape index (κ3) is 2.43. The molecule has 4 nitrogen and oxygen atoms in total. The molecule has 0 aliphatic heterocycles. The number of nitrogens with two attached hydrogens (primary N) is 1. The largest absolute Gasteiger partial charge is 0.290 e. The van der Waals surface area contributed by atoms with E-state index in [0.29, 0.717) is 16.3 Å². The molecule has 0 radical (unpaired) electrons. The van der Waals surface area contributed by atoms with E-state index in [-0.39, 0.29) is 5.91 Å². The molecule has 2 rings (SSSR count). The van der Waals surface area contributed by atoms with E-state index in [4.69, 9.17) is 17.4 Å². The van der Waals surface area contributed by atoms with Gasteiger partial charge in [0.25, 0.3) is 5.91 Å². The fourth-order valence-corrected chi connectivity index (χ4v) is 1.63. The van der Waals surface area contributed by atoms with Gasteiger partial charge in [-0.25, -0.2) is 5.84 Å². The number of nitrogens with zero attached hydrogens (tertiary/aromatic N) is 1. The predicted octanol–water partition coefficient (Wildman–Crippen LogP) is 2.01. The van der Waals surface area contributed by atoms with Crippen molar-refractivity contribution >= 4 is 17.5 Å². The molecule has 5 heteroatoms. The maximum atomic E-state index is 11.6. The summed E-state index contributed by atoms with van der Waals surface area (Å²) in [6.07, 6.45) is 1.62. The Morgan fingerprint density at radius 3 is 2.59 bits per heavy atom. The van der Waals surface area contributed by atoms with Crippen molar-refractivity contribution in [2.75, 3.05) is 0 Å². The van der Waals surface area contributed by atoms with Crippen molar-refractivity contribution in [2.24, 2.45) is 5.84 Å². The van der Waals surface area contributed by atoms with E-state index in [1.54, 1.807) is 42.6 Å². The quantitative estimate of drug-likeness (QED) is 0.485. The maximum Gasteiger partial charge on any atom is 0.267 e. The molecule has 0 bridgehead atoms. The highest BCUT2D eigenvalue weighted by Gasteiger charge is 2.12. The molecule has 0 aliphatic carbocycles. The van der Waals surface area contributed by atoms with Crippen molar-refractivity contribution in [2.45, 2.75) is 0 Å². The first-order chi connectivity index (χ1) is 8.22. The zero-order chi connectivity index (χ0) is 12.3. The number of pyridine rings is 1. The summed E-state index contributed by atoms with van der Waals surface area (Å²) in [5.74, 6) is 4.75. The number of halogens is 1. The molecule has 0 saturated heterocycles. The zero-order valence-corrected chi connectivity index (χ0v) is 9.61. The van der Waals surface area contributed by atoms with Crippen LogP contribution in [0.1, 0.15) is 10.4 Å². The van der Waals surface area contributed by atoms with Crippen molar-refractivity contribution in [1.29, 1.82) is 0 Å². The van der Waals surface area contributed by atoms with Crippen LogP contribution < -0.4 is 11.3 Å². The molecule has 0 atom stereocenters.